The summed E-state index contributed by atoms with van der Waals surface area (Å²) in [5.74, 6) is -5.35. The minimum Gasteiger partial charge on any atom is -0.458 e. The fraction of sp³-hybridized carbons (Fsp3) is 0.446. The van der Waals surface area contributed by atoms with Crippen molar-refractivity contribution in [2.45, 2.75) is 102 Å². The predicted molar refractivity (Wildman–Crippen MR) is 285 cm³/mol. The van der Waals surface area contributed by atoms with Gasteiger partial charge in [-0.1, -0.05) is 43.7 Å². The fourth-order valence-electron chi connectivity index (χ4n) is 10.6. The number of nitrogens with one attached hydrogen (secondary N) is 6. The Morgan fingerprint density at radius 2 is 1.55 bits per heavy atom. The number of ether oxygens (including phenoxy) is 1. The number of aliphatic hydroxyl groups is 2. The predicted octanol–water partition coefficient (Wildman–Crippen LogP) is -0.00728. The average Bonchev–Trinajstić information content (AvgIpc) is 4.15. The van der Waals surface area contributed by atoms with Gasteiger partial charge < -0.3 is 51.4 Å². The lowest BCUT2D eigenvalue weighted by molar-refractivity contribution is -0.172. The molecule has 4 aromatic rings. The number of carbonyl (C=O) groups is 9. The summed E-state index contributed by atoms with van der Waals surface area (Å²) < 4.78 is 22.2. The molecule has 8 rings (SSSR count). The molecule has 4 aliphatic rings. The van der Waals surface area contributed by atoms with Gasteiger partial charge in [-0.25, -0.2) is 14.2 Å². The van der Waals surface area contributed by atoms with E-state index in [-0.39, 0.29) is 107 Å². The van der Waals surface area contributed by atoms with Gasteiger partial charge in [0.25, 0.3) is 17.4 Å². The number of aliphatic hydroxyl groups excluding tert-OH is 1. The van der Waals surface area contributed by atoms with Crippen LogP contribution in [0.25, 0.3) is 22.3 Å². The van der Waals surface area contributed by atoms with Crippen LogP contribution in [0.2, 0.25) is 0 Å². The molecule has 0 radical (unpaired) electrons. The molecule has 0 saturated heterocycles. The Labute approximate surface area is 459 Å². The molecule has 424 valence electrons. The van der Waals surface area contributed by atoms with E-state index in [1.807, 2.05) is 0 Å². The molecule has 2 aromatic heterocycles. The number of carbonyl (C=O) groups excluding carboxylic acids is 9. The molecule has 0 unspecified atom stereocenters. The topological polar surface area (TPSA) is 317 Å². The molecule has 2 aromatic carbocycles. The number of esters is 1. The first-order chi connectivity index (χ1) is 38.4. The van der Waals surface area contributed by atoms with Gasteiger partial charge in [0.1, 0.15) is 18.5 Å². The quantitative estimate of drug-likeness (QED) is 0.0205. The van der Waals surface area contributed by atoms with Gasteiger partial charge in [0, 0.05) is 86.7 Å². The lowest BCUT2D eigenvalue weighted by atomic mass is 9.81. The molecule has 24 heteroatoms. The summed E-state index contributed by atoms with van der Waals surface area (Å²) in [5.41, 5.74) is 2.13. The second-order valence-corrected chi connectivity index (χ2v) is 20.2. The zero-order valence-electron chi connectivity index (χ0n) is 44.5. The van der Waals surface area contributed by atoms with E-state index >= 15 is 4.39 Å². The Kier molecular flexibility index (Phi) is 18.6. The van der Waals surface area contributed by atoms with Gasteiger partial charge in [-0.15, -0.1) is 0 Å². The van der Waals surface area contributed by atoms with Crippen LogP contribution in [0.15, 0.2) is 59.4 Å². The molecule has 1 aliphatic carbocycles. The SMILES string of the molecule is CC[C@@]1(O)C(=O)OCc2c1cc1n(c2=O)Cc2c-1nc1cc(F)c(C)c3c1c2[C@@H](NC(=O)CCN(CCO)CCNC(=O)CNC(=O)[C@H](Cc1ccccc1)NC(=O)CNC(=O)CNC(=O)CCCCCN1C(=O)C=CC1=O)CC3. The number of aromatic nitrogens is 2. The minimum atomic E-state index is -2.05. The minimum absolute atomic E-state index is 0.00682. The van der Waals surface area contributed by atoms with E-state index < -0.39 is 84.2 Å². The normalized spacial score (nSPS) is 17.1. The molecule has 0 saturated carbocycles. The third kappa shape index (κ3) is 13.1. The number of cyclic esters (lactones) is 1. The van der Waals surface area contributed by atoms with E-state index in [9.17, 15) is 58.2 Å². The number of halogens is 1. The highest BCUT2D eigenvalue weighted by Gasteiger charge is 2.46. The van der Waals surface area contributed by atoms with Crippen molar-refractivity contribution >= 4 is 64.1 Å². The number of nitrogens with zero attached hydrogens (tertiary/aromatic N) is 4. The van der Waals surface area contributed by atoms with Gasteiger partial charge in [-0.05, 0) is 67.3 Å². The Morgan fingerprint density at radius 1 is 0.838 bits per heavy atom. The van der Waals surface area contributed by atoms with Crippen LogP contribution in [0, 0.1) is 12.7 Å². The van der Waals surface area contributed by atoms with E-state index in [1.165, 1.54) is 22.8 Å². The van der Waals surface area contributed by atoms with Gasteiger partial charge in [0.15, 0.2) is 5.60 Å². The second-order valence-electron chi connectivity index (χ2n) is 20.2. The first kappa shape index (κ1) is 57.9. The van der Waals surface area contributed by atoms with Crippen LogP contribution in [-0.2, 0) is 79.5 Å². The third-order valence-electron chi connectivity index (χ3n) is 15.0. The average molecular weight is 1110 g/mol. The lowest BCUT2D eigenvalue weighted by Gasteiger charge is -2.31. The number of pyridine rings is 2. The number of benzene rings is 2. The number of fused-ring (bicyclic) bond motifs is 5. The summed E-state index contributed by atoms with van der Waals surface area (Å²) in [6.07, 6.45) is 4.94. The van der Waals surface area contributed by atoms with Crippen LogP contribution >= 0.6 is 0 Å². The molecule has 3 atom stereocenters. The zero-order chi connectivity index (χ0) is 57.3. The van der Waals surface area contributed by atoms with Crippen molar-refractivity contribution in [1.29, 1.82) is 0 Å². The number of amides is 8. The number of imide groups is 1. The molecule has 3 aliphatic heterocycles. The van der Waals surface area contributed by atoms with Crippen LogP contribution in [0.4, 0.5) is 4.39 Å². The van der Waals surface area contributed by atoms with Crippen molar-refractivity contribution in [2.75, 3.05) is 59.0 Å². The monoisotopic (exact) mass is 1100 g/mol. The number of hydrogen-bond donors (Lipinski definition) is 8. The molecule has 0 bridgehead atoms. The molecular formula is C56H65FN10O13. The van der Waals surface area contributed by atoms with Crippen molar-refractivity contribution in [3.63, 3.8) is 0 Å². The van der Waals surface area contributed by atoms with Gasteiger partial charge in [0.2, 0.25) is 35.4 Å². The first-order valence-corrected chi connectivity index (χ1v) is 26.8. The summed E-state index contributed by atoms with van der Waals surface area (Å²) >= 11 is 0. The van der Waals surface area contributed by atoms with Crippen LogP contribution in [-0.4, -0.2) is 148 Å². The van der Waals surface area contributed by atoms with Gasteiger partial charge in [-0.2, -0.15) is 0 Å². The molecule has 0 spiro atoms. The highest BCUT2D eigenvalue weighted by atomic mass is 19.1. The van der Waals surface area contributed by atoms with E-state index in [0.29, 0.717) is 76.6 Å². The Bertz CT molecular complexity index is 3200. The standard InChI is InChI=1S/C56H65FN10O13/c1-3-56(79)37-25-42-52-35(30-67(42)54(77)36(37)31-80-55(56)78)51-39(14-13-34-32(2)38(57)26-40(64-52)50(34)51)62-44(70)17-20-65(22-23-68)21-18-58-45(71)28-61-53(76)41(24-33-10-6-4-7-11-33)63-47(73)29-60-46(72)27-59-43(69)12-8-5-9-19-66-48(74)15-16-49(66)75/h4,6-7,10-11,15-16,25-26,39,41,68,79H,3,5,8-9,12-14,17-24,27-31H2,1-2H3,(H,58,71)(H,59,69)(H,60,72)(H,61,76)(H,62,70)(H,63,73)/t39-,41-,56-/m0/s1. The van der Waals surface area contributed by atoms with E-state index in [1.54, 1.807) is 55.1 Å². The molecular weight excluding hydrogens is 1040 g/mol. The lowest BCUT2D eigenvalue weighted by Crippen LogP contribution is -2.52. The number of aryl methyl sites for hydroxylation is 1. The summed E-state index contributed by atoms with van der Waals surface area (Å²) in [5, 5.41) is 37.9. The van der Waals surface area contributed by atoms with E-state index in [2.05, 4.69) is 31.9 Å². The summed E-state index contributed by atoms with van der Waals surface area (Å²) in [7, 11) is 0. The second kappa shape index (κ2) is 25.7. The molecule has 23 nitrogen and oxygen atoms in total. The summed E-state index contributed by atoms with van der Waals surface area (Å²) in [4.78, 5) is 136. The highest BCUT2D eigenvalue weighted by molar-refractivity contribution is 6.12. The van der Waals surface area contributed by atoms with Crippen molar-refractivity contribution in [3.05, 3.63) is 110 Å². The highest BCUT2D eigenvalue weighted by Crippen LogP contribution is 2.46. The maximum absolute atomic E-state index is 15.4. The Hall–Kier alpha value is -8.22. The number of rotatable bonds is 26. The molecule has 0 fully saturated rings. The number of hydrogen-bond acceptors (Lipinski definition) is 15. The van der Waals surface area contributed by atoms with Gasteiger partial charge >= 0.3 is 5.97 Å². The summed E-state index contributed by atoms with van der Waals surface area (Å²) in [6, 6.07) is 10.0. The zero-order valence-corrected chi connectivity index (χ0v) is 44.5. The molecule has 5 heterocycles. The van der Waals surface area contributed by atoms with Gasteiger partial charge in [-0.3, -0.25) is 53.0 Å². The third-order valence-corrected chi connectivity index (χ3v) is 15.0. The van der Waals surface area contributed by atoms with E-state index in [4.69, 9.17) is 9.72 Å². The van der Waals surface area contributed by atoms with Crippen LogP contribution < -0.4 is 37.5 Å². The van der Waals surface area contributed by atoms with Crippen LogP contribution in [0.1, 0.15) is 96.9 Å². The fourth-order valence-corrected chi connectivity index (χ4v) is 10.6. The molecule has 8 amide bonds. The Morgan fingerprint density at radius 3 is 2.29 bits per heavy atom. The molecule has 8 N–H and O–H groups in total. The van der Waals surface area contributed by atoms with E-state index in [0.717, 1.165) is 10.5 Å². The van der Waals surface area contributed by atoms with Crippen LogP contribution in [0.5, 0.6) is 0 Å². The smallest absolute Gasteiger partial charge is 0.343 e. The molecule has 80 heavy (non-hydrogen) atoms. The van der Waals surface area contributed by atoms with Crippen molar-refractivity contribution in [1.82, 2.24) is 51.3 Å². The largest absolute Gasteiger partial charge is 0.458 e. The maximum atomic E-state index is 15.4. The summed E-state index contributed by atoms with van der Waals surface area (Å²) in [6.45, 7) is 2.38. The van der Waals surface area contributed by atoms with Crippen molar-refractivity contribution in [2.24, 2.45) is 0 Å². The first-order valence-electron chi connectivity index (χ1n) is 26.8. The van der Waals surface area contributed by atoms with Crippen molar-refractivity contribution < 1.29 is 62.5 Å². The van der Waals surface area contributed by atoms with Crippen molar-refractivity contribution in [3.8, 4) is 11.4 Å². The maximum Gasteiger partial charge on any atom is 0.343 e. The Balaban J connectivity index is 0.804. The number of unbranched alkanes of at least 4 members (excludes halogenated alkanes) is 2. The van der Waals surface area contributed by atoms with Crippen LogP contribution in [0.3, 0.4) is 0 Å². The van der Waals surface area contributed by atoms with Gasteiger partial charge in [0.05, 0.1) is 61.3 Å².